The first kappa shape index (κ1) is 14.5. The fraction of sp³-hybridized carbons (Fsp3) is 0.500. The number of carbonyl (C=O) groups excluding carboxylic acids is 1. The second-order valence-corrected chi connectivity index (χ2v) is 4.77. The Morgan fingerprint density at radius 3 is 2.44 bits per heavy atom. The van der Waals surface area contributed by atoms with Crippen LogP contribution >= 0.6 is 0 Å². The lowest BCUT2D eigenvalue weighted by atomic mass is 9.99. The summed E-state index contributed by atoms with van der Waals surface area (Å²) in [5.74, 6) is 0.362. The summed E-state index contributed by atoms with van der Waals surface area (Å²) in [6.45, 7) is 4.51. The van der Waals surface area contributed by atoms with Gasteiger partial charge in [0.1, 0.15) is 5.75 Å². The molecule has 0 heterocycles. The van der Waals surface area contributed by atoms with Crippen molar-refractivity contribution in [3.63, 3.8) is 0 Å². The van der Waals surface area contributed by atoms with Gasteiger partial charge in [-0.2, -0.15) is 0 Å². The lowest BCUT2D eigenvalue weighted by Gasteiger charge is -2.24. The van der Waals surface area contributed by atoms with Crippen molar-refractivity contribution in [3.8, 4) is 5.75 Å². The molecule has 0 aliphatic rings. The molecule has 0 aliphatic heterocycles. The monoisotopic (exact) mass is 250 g/mol. The second kappa shape index (κ2) is 6.40. The van der Waals surface area contributed by atoms with Gasteiger partial charge in [-0.25, -0.2) is 0 Å². The van der Waals surface area contributed by atoms with E-state index in [1.165, 1.54) is 0 Å². The maximum absolute atomic E-state index is 12.1. The highest BCUT2D eigenvalue weighted by Crippen LogP contribution is 2.13. The molecule has 18 heavy (non-hydrogen) atoms. The smallest absolute Gasteiger partial charge is 0.239 e. The topological polar surface area (TPSA) is 66.6 Å². The van der Waals surface area contributed by atoms with E-state index in [0.717, 1.165) is 12.0 Å². The molecule has 3 N–H and O–H groups in total. The molecule has 0 fully saturated rings. The summed E-state index contributed by atoms with van der Waals surface area (Å²) in [4.78, 5) is 13.7. The van der Waals surface area contributed by atoms with Gasteiger partial charge < -0.3 is 15.7 Å². The van der Waals surface area contributed by atoms with E-state index in [9.17, 15) is 9.90 Å². The molecule has 0 aromatic heterocycles. The number of amides is 1. The van der Waals surface area contributed by atoms with Crippen LogP contribution in [-0.4, -0.2) is 29.0 Å². The van der Waals surface area contributed by atoms with Gasteiger partial charge in [0.05, 0.1) is 6.04 Å². The van der Waals surface area contributed by atoms with Crippen LogP contribution in [0.1, 0.15) is 25.8 Å². The summed E-state index contributed by atoms with van der Waals surface area (Å²) in [5, 5.41) is 9.19. The van der Waals surface area contributed by atoms with Crippen molar-refractivity contribution in [2.75, 3.05) is 7.05 Å². The number of hydrogen-bond donors (Lipinski definition) is 2. The van der Waals surface area contributed by atoms with Crippen LogP contribution in [0.5, 0.6) is 5.75 Å². The van der Waals surface area contributed by atoms with E-state index in [-0.39, 0.29) is 17.6 Å². The lowest BCUT2D eigenvalue weighted by molar-refractivity contribution is -0.132. The zero-order valence-corrected chi connectivity index (χ0v) is 11.3. The molecular formula is C14H22N2O2. The Hall–Kier alpha value is -1.55. The van der Waals surface area contributed by atoms with Crippen LogP contribution in [0.3, 0.4) is 0 Å². The van der Waals surface area contributed by atoms with Crippen LogP contribution in [0, 0.1) is 5.92 Å². The van der Waals surface area contributed by atoms with Crippen molar-refractivity contribution in [3.05, 3.63) is 29.8 Å². The third kappa shape index (κ3) is 3.74. The van der Waals surface area contributed by atoms with Crippen molar-refractivity contribution < 1.29 is 9.90 Å². The van der Waals surface area contributed by atoms with E-state index >= 15 is 0 Å². The van der Waals surface area contributed by atoms with Crippen molar-refractivity contribution in [1.82, 2.24) is 4.90 Å². The molecule has 1 amide bonds. The number of hydrogen-bond acceptors (Lipinski definition) is 3. The number of likely N-dealkylation sites (N-methyl/N-ethyl adjacent to an activating group) is 1. The number of aromatic hydroxyl groups is 1. The third-order valence-electron chi connectivity index (χ3n) is 3.27. The van der Waals surface area contributed by atoms with Gasteiger partial charge in [0.25, 0.3) is 0 Å². The van der Waals surface area contributed by atoms with E-state index in [4.69, 9.17) is 5.73 Å². The van der Waals surface area contributed by atoms with E-state index in [0.29, 0.717) is 6.54 Å². The van der Waals surface area contributed by atoms with Gasteiger partial charge in [0, 0.05) is 13.6 Å². The van der Waals surface area contributed by atoms with Gasteiger partial charge in [0.2, 0.25) is 5.91 Å². The lowest BCUT2D eigenvalue weighted by Crippen LogP contribution is -2.45. The van der Waals surface area contributed by atoms with Gasteiger partial charge in [-0.1, -0.05) is 32.4 Å². The van der Waals surface area contributed by atoms with Crippen molar-refractivity contribution >= 4 is 5.91 Å². The number of benzene rings is 1. The van der Waals surface area contributed by atoms with Crippen LogP contribution in [0.25, 0.3) is 0 Å². The first-order valence-corrected chi connectivity index (χ1v) is 6.24. The predicted octanol–water partition coefficient (Wildman–Crippen LogP) is 1.72. The summed E-state index contributed by atoms with van der Waals surface area (Å²) in [7, 11) is 1.75. The Balaban J connectivity index is 2.62. The number of nitrogens with two attached hydrogens (primary N) is 1. The highest BCUT2D eigenvalue weighted by molar-refractivity contribution is 5.81. The predicted molar refractivity (Wildman–Crippen MR) is 72.0 cm³/mol. The Labute approximate surface area is 108 Å². The van der Waals surface area contributed by atoms with Crippen molar-refractivity contribution in [2.45, 2.75) is 32.9 Å². The van der Waals surface area contributed by atoms with Gasteiger partial charge in [-0.3, -0.25) is 4.79 Å². The zero-order valence-electron chi connectivity index (χ0n) is 11.3. The molecule has 1 aromatic rings. The van der Waals surface area contributed by atoms with Gasteiger partial charge in [-0.15, -0.1) is 0 Å². The summed E-state index contributed by atoms with van der Waals surface area (Å²) in [6.07, 6.45) is 0.889. The molecule has 4 heteroatoms. The second-order valence-electron chi connectivity index (χ2n) is 4.77. The summed E-state index contributed by atoms with van der Waals surface area (Å²) in [5.41, 5.74) is 6.89. The van der Waals surface area contributed by atoms with Crippen molar-refractivity contribution in [1.29, 1.82) is 0 Å². The molecule has 0 saturated heterocycles. The van der Waals surface area contributed by atoms with Crippen LogP contribution in [-0.2, 0) is 11.3 Å². The molecule has 0 saturated carbocycles. The van der Waals surface area contributed by atoms with E-state index in [2.05, 4.69) is 0 Å². The highest BCUT2D eigenvalue weighted by Gasteiger charge is 2.22. The third-order valence-corrected chi connectivity index (χ3v) is 3.27. The standard InChI is InChI=1S/C14H22N2O2/c1-4-10(2)13(15)14(18)16(3)9-11-5-7-12(17)8-6-11/h5-8,10,13,17H,4,9,15H2,1-3H3/t10?,13-/m0/s1. The minimum absolute atomic E-state index is 0.0441. The molecule has 1 rings (SSSR count). The van der Waals surface area contributed by atoms with Crippen LogP contribution in [0.2, 0.25) is 0 Å². The number of carbonyl (C=O) groups is 1. The summed E-state index contributed by atoms with van der Waals surface area (Å²) in [6, 6.07) is 6.38. The first-order chi connectivity index (χ1) is 8.45. The number of phenols is 1. The van der Waals surface area contributed by atoms with Gasteiger partial charge in [-0.05, 0) is 23.6 Å². The average Bonchev–Trinajstić information content (AvgIpc) is 2.38. The zero-order chi connectivity index (χ0) is 13.7. The Morgan fingerprint density at radius 2 is 1.94 bits per heavy atom. The maximum Gasteiger partial charge on any atom is 0.239 e. The largest absolute Gasteiger partial charge is 0.508 e. The van der Waals surface area contributed by atoms with E-state index in [1.54, 1.807) is 36.2 Å². The average molecular weight is 250 g/mol. The molecule has 100 valence electrons. The molecule has 4 nitrogen and oxygen atoms in total. The van der Waals surface area contributed by atoms with Crippen molar-refractivity contribution in [2.24, 2.45) is 11.7 Å². The Bertz CT molecular complexity index is 389. The molecule has 0 spiro atoms. The number of rotatable bonds is 5. The van der Waals surface area contributed by atoms with Crippen LogP contribution < -0.4 is 5.73 Å². The molecule has 1 unspecified atom stereocenters. The fourth-order valence-electron chi connectivity index (χ4n) is 1.70. The number of phenolic OH excluding ortho intramolecular Hbond substituents is 1. The summed E-state index contributed by atoms with van der Waals surface area (Å²) >= 11 is 0. The SMILES string of the molecule is CCC(C)[C@H](N)C(=O)N(C)Cc1ccc(O)cc1. The summed E-state index contributed by atoms with van der Waals surface area (Å²) < 4.78 is 0. The Morgan fingerprint density at radius 1 is 1.39 bits per heavy atom. The molecule has 1 aromatic carbocycles. The quantitative estimate of drug-likeness (QED) is 0.836. The molecule has 0 aliphatic carbocycles. The molecular weight excluding hydrogens is 228 g/mol. The van der Waals surface area contributed by atoms with Crippen LogP contribution in [0.4, 0.5) is 0 Å². The maximum atomic E-state index is 12.1. The minimum atomic E-state index is -0.447. The van der Waals surface area contributed by atoms with Gasteiger partial charge >= 0.3 is 0 Å². The number of nitrogens with zero attached hydrogens (tertiary/aromatic N) is 1. The molecule has 0 bridgehead atoms. The van der Waals surface area contributed by atoms with E-state index < -0.39 is 6.04 Å². The van der Waals surface area contributed by atoms with E-state index in [1.807, 2.05) is 13.8 Å². The van der Waals surface area contributed by atoms with Crippen LogP contribution in [0.15, 0.2) is 24.3 Å². The fourth-order valence-corrected chi connectivity index (χ4v) is 1.70. The Kier molecular flexibility index (Phi) is 5.16. The molecule has 0 radical (unpaired) electrons. The normalized spacial score (nSPS) is 14.0. The first-order valence-electron chi connectivity index (χ1n) is 6.24. The van der Waals surface area contributed by atoms with Gasteiger partial charge in [0.15, 0.2) is 0 Å². The molecule has 2 atom stereocenters. The highest BCUT2D eigenvalue weighted by atomic mass is 16.3. The minimum Gasteiger partial charge on any atom is -0.508 e.